The molecule has 2 aromatic carbocycles. The summed E-state index contributed by atoms with van der Waals surface area (Å²) in [5.74, 6) is 0.454. The zero-order chi connectivity index (χ0) is 13.8. The molecule has 0 atom stereocenters. The van der Waals surface area contributed by atoms with Gasteiger partial charge in [0, 0.05) is 6.04 Å². The third kappa shape index (κ3) is 3.26. The van der Waals surface area contributed by atoms with E-state index in [4.69, 9.17) is 0 Å². The van der Waals surface area contributed by atoms with E-state index >= 15 is 0 Å². The van der Waals surface area contributed by atoms with Gasteiger partial charge in [-0.3, -0.25) is 0 Å². The molecule has 1 aliphatic carbocycles. The van der Waals surface area contributed by atoms with E-state index in [9.17, 15) is 4.39 Å². The maximum atomic E-state index is 12.9. The lowest BCUT2D eigenvalue weighted by molar-refractivity contribution is 0.292. The van der Waals surface area contributed by atoms with Gasteiger partial charge >= 0.3 is 0 Å². The zero-order valence-electron chi connectivity index (χ0n) is 11.6. The minimum absolute atomic E-state index is 0.148. The Hall–Kier alpha value is -1.67. The van der Waals surface area contributed by atoms with Gasteiger partial charge in [0.25, 0.3) is 0 Å². The Morgan fingerprint density at radius 3 is 2.35 bits per heavy atom. The third-order valence-electron chi connectivity index (χ3n) is 4.17. The molecule has 3 rings (SSSR count). The molecule has 0 amide bonds. The first-order valence-electron chi connectivity index (χ1n) is 7.34. The summed E-state index contributed by atoms with van der Waals surface area (Å²) in [7, 11) is 0. The molecule has 1 fully saturated rings. The van der Waals surface area contributed by atoms with Gasteiger partial charge in [-0.1, -0.05) is 42.5 Å². The molecule has 1 N–H and O–H groups in total. The van der Waals surface area contributed by atoms with E-state index < -0.39 is 0 Å². The van der Waals surface area contributed by atoms with Gasteiger partial charge in [-0.15, -0.1) is 0 Å². The van der Waals surface area contributed by atoms with Crippen LogP contribution in [-0.4, -0.2) is 12.6 Å². The summed E-state index contributed by atoms with van der Waals surface area (Å²) < 4.78 is 12.9. The summed E-state index contributed by atoms with van der Waals surface area (Å²) in [6.07, 6.45) is 3.42. The lowest BCUT2D eigenvalue weighted by Gasteiger charge is -2.36. The number of nitrogens with one attached hydrogen (secondary N) is 1. The molecular formula is C18H20FN. The average Bonchev–Trinajstić information content (AvgIpc) is 2.44. The van der Waals surface area contributed by atoms with Crippen molar-refractivity contribution in [1.82, 2.24) is 5.32 Å². The van der Waals surface area contributed by atoms with E-state index in [2.05, 4.69) is 35.6 Å². The van der Waals surface area contributed by atoms with Gasteiger partial charge < -0.3 is 5.32 Å². The number of hydrogen-bond acceptors (Lipinski definition) is 1. The molecule has 0 aromatic heterocycles. The standard InChI is InChI=1S/C18H20FN/c19-17-8-6-15(7-9-17)16-12-18(13-16)20-11-10-14-4-2-1-3-5-14/h1-9,16,18,20H,10-13H2. The van der Waals surface area contributed by atoms with Gasteiger partial charge in [0.05, 0.1) is 0 Å². The summed E-state index contributed by atoms with van der Waals surface area (Å²) in [5.41, 5.74) is 2.65. The Balaban J connectivity index is 1.39. The highest BCUT2D eigenvalue weighted by atomic mass is 19.1. The van der Waals surface area contributed by atoms with Crippen molar-refractivity contribution >= 4 is 0 Å². The molecule has 1 nitrogen and oxygen atoms in total. The van der Waals surface area contributed by atoms with Crippen LogP contribution < -0.4 is 5.32 Å². The molecule has 2 heteroatoms. The van der Waals surface area contributed by atoms with Crippen LogP contribution in [0.4, 0.5) is 4.39 Å². The lowest BCUT2D eigenvalue weighted by Crippen LogP contribution is -2.40. The first-order chi connectivity index (χ1) is 9.81. The van der Waals surface area contributed by atoms with E-state index in [1.807, 2.05) is 12.1 Å². The van der Waals surface area contributed by atoms with Crippen LogP contribution >= 0.6 is 0 Å². The average molecular weight is 269 g/mol. The molecule has 1 saturated carbocycles. The van der Waals surface area contributed by atoms with Crippen LogP contribution in [0.15, 0.2) is 54.6 Å². The quantitative estimate of drug-likeness (QED) is 0.868. The van der Waals surface area contributed by atoms with Crippen molar-refractivity contribution in [2.45, 2.75) is 31.2 Å². The largest absolute Gasteiger partial charge is 0.314 e. The second kappa shape index (κ2) is 6.19. The van der Waals surface area contributed by atoms with E-state index in [1.165, 1.54) is 24.0 Å². The molecular weight excluding hydrogens is 249 g/mol. The number of halogens is 1. The Morgan fingerprint density at radius 2 is 1.65 bits per heavy atom. The van der Waals surface area contributed by atoms with Gasteiger partial charge in [-0.05, 0) is 55.0 Å². The Labute approximate surface area is 119 Å². The molecule has 0 spiro atoms. The maximum Gasteiger partial charge on any atom is 0.123 e. The van der Waals surface area contributed by atoms with Crippen molar-refractivity contribution in [3.63, 3.8) is 0 Å². The van der Waals surface area contributed by atoms with Crippen LogP contribution in [0.1, 0.15) is 29.9 Å². The first-order valence-corrected chi connectivity index (χ1v) is 7.34. The van der Waals surface area contributed by atoms with E-state index in [1.54, 1.807) is 12.1 Å². The number of hydrogen-bond donors (Lipinski definition) is 1. The van der Waals surface area contributed by atoms with Crippen LogP contribution in [0, 0.1) is 5.82 Å². The van der Waals surface area contributed by atoms with Crippen molar-refractivity contribution in [3.8, 4) is 0 Å². The fraction of sp³-hybridized carbons (Fsp3) is 0.333. The summed E-state index contributed by atoms with van der Waals surface area (Å²) >= 11 is 0. The predicted molar refractivity (Wildman–Crippen MR) is 80.3 cm³/mol. The molecule has 0 heterocycles. The van der Waals surface area contributed by atoms with Gasteiger partial charge in [0.1, 0.15) is 5.82 Å². The zero-order valence-corrected chi connectivity index (χ0v) is 11.6. The van der Waals surface area contributed by atoms with E-state index in [0.717, 1.165) is 13.0 Å². The maximum absolute atomic E-state index is 12.9. The Morgan fingerprint density at radius 1 is 0.950 bits per heavy atom. The summed E-state index contributed by atoms with van der Waals surface area (Å²) in [5, 5.41) is 3.60. The van der Waals surface area contributed by atoms with E-state index in [-0.39, 0.29) is 5.82 Å². The first kappa shape index (κ1) is 13.3. The molecule has 20 heavy (non-hydrogen) atoms. The number of rotatable bonds is 5. The van der Waals surface area contributed by atoms with Gasteiger partial charge in [-0.2, -0.15) is 0 Å². The highest BCUT2D eigenvalue weighted by Crippen LogP contribution is 2.36. The summed E-state index contributed by atoms with van der Waals surface area (Å²) in [4.78, 5) is 0. The summed E-state index contributed by atoms with van der Waals surface area (Å²) in [6.45, 7) is 1.03. The van der Waals surface area contributed by atoms with Gasteiger partial charge in [0.2, 0.25) is 0 Å². The predicted octanol–water partition coefficient (Wildman–Crippen LogP) is 3.90. The molecule has 2 aromatic rings. The molecule has 1 aliphatic rings. The highest BCUT2D eigenvalue weighted by Gasteiger charge is 2.29. The van der Waals surface area contributed by atoms with E-state index in [0.29, 0.717) is 12.0 Å². The minimum atomic E-state index is -0.148. The topological polar surface area (TPSA) is 12.0 Å². The van der Waals surface area contributed by atoms with Crippen molar-refractivity contribution in [2.24, 2.45) is 0 Å². The smallest absolute Gasteiger partial charge is 0.123 e. The molecule has 0 bridgehead atoms. The molecule has 0 radical (unpaired) electrons. The van der Waals surface area contributed by atoms with Crippen molar-refractivity contribution in [1.29, 1.82) is 0 Å². The molecule has 0 saturated heterocycles. The second-order valence-electron chi connectivity index (χ2n) is 5.61. The SMILES string of the molecule is Fc1ccc(C2CC(NCCc3ccccc3)C2)cc1. The Bertz CT molecular complexity index is 529. The van der Waals surface area contributed by atoms with Crippen LogP contribution in [0.3, 0.4) is 0 Å². The fourth-order valence-corrected chi connectivity index (χ4v) is 2.86. The Kier molecular flexibility index (Phi) is 4.12. The van der Waals surface area contributed by atoms with Crippen molar-refractivity contribution in [2.75, 3.05) is 6.54 Å². The van der Waals surface area contributed by atoms with Crippen LogP contribution in [0.5, 0.6) is 0 Å². The van der Waals surface area contributed by atoms with Crippen LogP contribution in [0.2, 0.25) is 0 Å². The normalized spacial score (nSPS) is 21.4. The molecule has 0 aliphatic heterocycles. The highest BCUT2D eigenvalue weighted by molar-refractivity contribution is 5.23. The van der Waals surface area contributed by atoms with Gasteiger partial charge in [0.15, 0.2) is 0 Å². The number of benzene rings is 2. The van der Waals surface area contributed by atoms with Gasteiger partial charge in [-0.25, -0.2) is 4.39 Å². The summed E-state index contributed by atoms with van der Waals surface area (Å²) in [6, 6.07) is 18.1. The van der Waals surface area contributed by atoms with Crippen molar-refractivity contribution in [3.05, 3.63) is 71.5 Å². The van der Waals surface area contributed by atoms with Crippen LogP contribution in [0.25, 0.3) is 0 Å². The minimum Gasteiger partial charge on any atom is -0.314 e. The monoisotopic (exact) mass is 269 g/mol. The van der Waals surface area contributed by atoms with Crippen LogP contribution in [-0.2, 0) is 6.42 Å². The lowest BCUT2D eigenvalue weighted by atomic mass is 9.76. The van der Waals surface area contributed by atoms with Crippen molar-refractivity contribution < 1.29 is 4.39 Å². The fourth-order valence-electron chi connectivity index (χ4n) is 2.86. The molecule has 104 valence electrons. The molecule has 0 unspecified atom stereocenters. The third-order valence-corrected chi connectivity index (χ3v) is 4.17. The second-order valence-corrected chi connectivity index (χ2v) is 5.61.